The normalized spacial score (nSPS) is 23.0. The molecule has 2 saturated heterocycles. The molecular formula is C55H67N9O4. The van der Waals surface area contributed by atoms with E-state index in [0.717, 1.165) is 94.0 Å². The first kappa shape index (κ1) is 45.7. The molecule has 13 heteroatoms. The number of piperidine rings is 1. The van der Waals surface area contributed by atoms with Gasteiger partial charge in [-0.2, -0.15) is 15.6 Å². The number of aromatic nitrogens is 2. The van der Waals surface area contributed by atoms with Crippen LogP contribution in [0.25, 0.3) is 0 Å². The number of amides is 2. The number of fused-ring (bicyclic) bond motifs is 2. The Morgan fingerprint density at radius 3 is 2.21 bits per heavy atom. The number of aryl methyl sites for hydroxylation is 2. The summed E-state index contributed by atoms with van der Waals surface area (Å²) in [4.78, 5) is 35.9. The van der Waals surface area contributed by atoms with Crippen molar-refractivity contribution in [3.8, 4) is 23.6 Å². The molecule has 2 aliphatic carbocycles. The largest absolute Gasteiger partial charge is 0.495 e. The van der Waals surface area contributed by atoms with Crippen LogP contribution in [0, 0.1) is 45.8 Å². The van der Waals surface area contributed by atoms with Crippen molar-refractivity contribution < 1.29 is 19.1 Å². The fourth-order valence-corrected chi connectivity index (χ4v) is 13.4. The maximum absolute atomic E-state index is 13.7. The predicted octanol–water partition coefficient (Wildman–Crippen LogP) is 8.63. The van der Waals surface area contributed by atoms with Gasteiger partial charge in [-0.3, -0.25) is 14.3 Å². The Morgan fingerprint density at radius 2 is 1.54 bits per heavy atom. The van der Waals surface area contributed by atoms with Crippen LogP contribution in [0.5, 0.6) is 11.5 Å². The van der Waals surface area contributed by atoms with Gasteiger partial charge in [-0.25, -0.2) is 0 Å². The molecule has 0 bridgehead atoms. The van der Waals surface area contributed by atoms with Crippen LogP contribution in [0.3, 0.4) is 0 Å². The second-order valence-corrected chi connectivity index (χ2v) is 22.0. The van der Waals surface area contributed by atoms with Crippen molar-refractivity contribution in [3.63, 3.8) is 0 Å². The van der Waals surface area contributed by atoms with Gasteiger partial charge in [0.25, 0.3) is 5.91 Å². The molecule has 68 heavy (non-hydrogen) atoms. The van der Waals surface area contributed by atoms with E-state index in [1.165, 1.54) is 48.2 Å². The second-order valence-electron chi connectivity index (χ2n) is 22.0. The van der Waals surface area contributed by atoms with Crippen LogP contribution in [-0.2, 0) is 24.2 Å². The van der Waals surface area contributed by atoms with E-state index in [2.05, 4.69) is 88.8 Å². The molecule has 356 valence electrons. The summed E-state index contributed by atoms with van der Waals surface area (Å²) in [5.41, 5.74) is 8.59. The van der Waals surface area contributed by atoms with Crippen molar-refractivity contribution in [2.24, 2.45) is 16.2 Å². The van der Waals surface area contributed by atoms with Gasteiger partial charge in [-0.05, 0) is 118 Å². The molecule has 6 aliphatic rings. The molecule has 4 fully saturated rings. The maximum Gasteiger partial charge on any atom is 0.251 e. The first-order valence-electron chi connectivity index (χ1n) is 24.9. The molecule has 4 aliphatic heterocycles. The van der Waals surface area contributed by atoms with Crippen LogP contribution >= 0.6 is 0 Å². The first-order valence-corrected chi connectivity index (χ1v) is 24.9. The van der Waals surface area contributed by atoms with Gasteiger partial charge in [0, 0.05) is 115 Å². The van der Waals surface area contributed by atoms with E-state index in [0.29, 0.717) is 46.7 Å². The molecule has 0 radical (unpaired) electrons. The highest BCUT2D eigenvalue weighted by Gasteiger charge is 2.64. The number of nitrogens with one attached hydrogen (secondary N) is 1. The predicted molar refractivity (Wildman–Crippen MR) is 262 cm³/mol. The van der Waals surface area contributed by atoms with Crippen molar-refractivity contribution in [1.82, 2.24) is 24.9 Å². The average Bonchev–Trinajstić information content (AvgIpc) is 3.72. The third-order valence-corrected chi connectivity index (χ3v) is 17.0. The summed E-state index contributed by atoms with van der Waals surface area (Å²) in [6, 6.07) is 23.0. The van der Waals surface area contributed by atoms with Crippen molar-refractivity contribution in [2.75, 3.05) is 56.2 Å². The number of hydrogen-bond acceptors (Lipinski definition) is 10. The van der Waals surface area contributed by atoms with Gasteiger partial charge >= 0.3 is 0 Å². The van der Waals surface area contributed by atoms with Gasteiger partial charge in [-0.15, -0.1) is 0 Å². The van der Waals surface area contributed by atoms with Crippen LogP contribution in [-0.4, -0.2) is 96.0 Å². The number of anilines is 3. The highest BCUT2D eigenvalue weighted by molar-refractivity contribution is 5.95. The number of benzene rings is 3. The molecular weight excluding hydrogens is 851 g/mol. The minimum absolute atomic E-state index is 0.0753. The zero-order valence-electron chi connectivity index (χ0n) is 41.0. The number of carbonyl (C=O) groups is 2. The number of nitrogens with zero attached hydrogens (tertiary/aromatic N) is 8. The highest BCUT2D eigenvalue weighted by atomic mass is 16.5. The third-order valence-electron chi connectivity index (χ3n) is 17.0. The highest BCUT2D eigenvalue weighted by Crippen LogP contribution is 2.56. The van der Waals surface area contributed by atoms with Crippen LogP contribution < -0.4 is 24.6 Å². The van der Waals surface area contributed by atoms with Gasteiger partial charge < -0.3 is 34.4 Å². The molecule has 1 N–H and O–H groups in total. The fraction of sp³-hybridized carbons (Fsp3) is 0.545. The Labute approximate surface area is 402 Å². The topological polar surface area (TPSA) is 143 Å². The molecule has 0 unspecified atom stereocenters. The molecule has 2 amide bonds. The molecule has 10 rings (SSSR count). The number of carbonyl (C=O) groups excluding carboxylic acids is 2. The molecule has 13 nitrogen and oxygen atoms in total. The molecule has 2 saturated carbocycles. The summed E-state index contributed by atoms with van der Waals surface area (Å²) in [5.74, 6) is 2.16. The number of ether oxygens (including phenoxy) is 2. The van der Waals surface area contributed by atoms with Crippen LogP contribution in [0.2, 0.25) is 0 Å². The molecule has 1 aromatic heterocycles. The second kappa shape index (κ2) is 17.5. The van der Waals surface area contributed by atoms with E-state index in [-0.39, 0.29) is 34.8 Å². The summed E-state index contributed by atoms with van der Waals surface area (Å²) in [6.45, 7) is 18.7. The molecule has 0 atom stereocenters. The van der Waals surface area contributed by atoms with E-state index in [1.54, 1.807) is 32.2 Å². The molecule has 4 aromatic rings. The van der Waals surface area contributed by atoms with E-state index < -0.39 is 0 Å². The first-order chi connectivity index (χ1) is 32.6. The van der Waals surface area contributed by atoms with Crippen molar-refractivity contribution >= 4 is 29.0 Å². The van der Waals surface area contributed by atoms with E-state index >= 15 is 0 Å². The summed E-state index contributed by atoms with van der Waals surface area (Å²) < 4.78 is 14.3. The van der Waals surface area contributed by atoms with Crippen molar-refractivity contribution in [3.05, 3.63) is 93.7 Å². The number of nitriles is 2. The quantitative estimate of drug-likeness (QED) is 0.173. The van der Waals surface area contributed by atoms with Crippen molar-refractivity contribution in [1.29, 1.82) is 10.5 Å². The Bertz CT molecular complexity index is 2670. The molecule has 5 heterocycles. The zero-order chi connectivity index (χ0) is 47.7. The van der Waals surface area contributed by atoms with Gasteiger partial charge in [0.15, 0.2) is 5.82 Å². The van der Waals surface area contributed by atoms with Gasteiger partial charge in [-0.1, -0.05) is 27.7 Å². The SMILES string of the molecule is COc1cc(OC2C(C)(C)C(NC(=O)c3ccc(N4CC5(CCC(N6CCC(n7nc(N8CCCc9cc(C#N)c(C)cc98)c8c7CCN(C(C)=O)C8)CC6)CC5)C4)cc3)C2(C)C)ccc1C#N. The lowest BCUT2D eigenvalue weighted by Crippen LogP contribution is -2.74. The minimum Gasteiger partial charge on any atom is -0.495 e. The summed E-state index contributed by atoms with van der Waals surface area (Å²) in [6.07, 6.45) is 9.76. The van der Waals surface area contributed by atoms with Crippen LogP contribution in [0.4, 0.5) is 17.2 Å². The van der Waals surface area contributed by atoms with Crippen LogP contribution in [0.15, 0.2) is 54.6 Å². The van der Waals surface area contributed by atoms with E-state index in [1.807, 2.05) is 24.0 Å². The van der Waals surface area contributed by atoms with E-state index in [4.69, 9.17) is 14.6 Å². The zero-order valence-corrected chi connectivity index (χ0v) is 41.0. The smallest absolute Gasteiger partial charge is 0.251 e. The standard InChI is InChI=1S/C55H67N9O4/c1-35-27-47-38(28-40(35)31-57)9-8-23-63(47)49-45-32-61(36(2)65)26-20-46(45)64(59-49)43-18-24-60(25-19-43)42-16-21-55(22-17-42)33-62(34-55)41-13-10-37(11-14-41)50(66)58-51-53(3,4)52(54(51,5)6)68-44-15-12-39(30-56)48(29-44)67-7/h10-15,27-29,42-43,51-52H,8-9,16-26,32-34H2,1-7H3,(H,58,66). The average molecular weight is 918 g/mol. The lowest BCUT2D eigenvalue weighted by atomic mass is 9.49. The van der Waals surface area contributed by atoms with Gasteiger partial charge in [0.2, 0.25) is 5.91 Å². The minimum atomic E-state index is -0.333. The number of rotatable bonds is 9. The lowest BCUT2D eigenvalue weighted by Gasteiger charge is -2.63. The van der Waals surface area contributed by atoms with Crippen molar-refractivity contribution in [2.45, 2.75) is 130 Å². The Hall–Kier alpha value is -6.05. The summed E-state index contributed by atoms with van der Waals surface area (Å²) >= 11 is 0. The lowest BCUT2D eigenvalue weighted by molar-refractivity contribution is -0.164. The van der Waals surface area contributed by atoms with E-state index in [9.17, 15) is 20.1 Å². The Morgan fingerprint density at radius 1 is 0.838 bits per heavy atom. The molecule has 1 spiro atoms. The fourth-order valence-electron chi connectivity index (χ4n) is 13.4. The maximum atomic E-state index is 13.7. The number of likely N-dealkylation sites (tertiary alicyclic amines) is 1. The third kappa shape index (κ3) is 7.94. The van der Waals surface area contributed by atoms with Gasteiger partial charge in [0.1, 0.15) is 23.7 Å². The van der Waals surface area contributed by atoms with Crippen LogP contribution in [0.1, 0.15) is 129 Å². The number of hydrogen-bond donors (Lipinski definition) is 1. The Kier molecular flexibility index (Phi) is 11.8. The summed E-state index contributed by atoms with van der Waals surface area (Å²) in [7, 11) is 1.55. The Balaban J connectivity index is 0.721. The molecule has 3 aromatic carbocycles. The van der Waals surface area contributed by atoms with Gasteiger partial charge in [0.05, 0.1) is 36.9 Å². The monoisotopic (exact) mass is 918 g/mol. The number of methoxy groups -OCH3 is 1. The summed E-state index contributed by atoms with van der Waals surface area (Å²) in [5, 5.41) is 27.9.